The van der Waals surface area contributed by atoms with E-state index < -0.39 is 0 Å². The van der Waals surface area contributed by atoms with Crippen molar-refractivity contribution < 1.29 is 4.79 Å². The van der Waals surface area contributed by atoms with Crippen LogP contribution in [0.5, 0.6) is 0 Å². The topological polar surface area (TPSA) is 62.7 Å². The molecule has 0 saturated carbocycles. The molecule has 0 aliphatic rings. The number of amides is 1. The number of nitrogens with one attached hydrogen (secondary N) is 2. The zero-order valence-electron chi connectivity index (χ0n) is 14.2. The summed E-state index contributed by atoms with van der Waals surface area (Å²) in [5.41, 5.74) is 4.82. The summed E-state index contributed by atoms with van der Waals surface area (Å²) < 4.78 is 2.26. The highest BCUT2D eigenvalue weighted by Crippen LogP contribution is 2.16. The number of carbonyl (C=O) groups is 1. The van der Waals surface area contributed by atoms with Crippen molar-refractivity contribution in [3.05, 3.63) is 45.0 Å². The van der Waals surface area contributed by atoms with Gasteiger partial charge in [-0.25, -0.2) is 0 Å². The van der Waals surface area contributed by atoms with Crippen LogP contribution in [-0.4, -0.2) is 20.7 Å². The van der Waals surface area contributed by atoms with Gasteiger partial charge in [0.2, 0.25) is 5.91 Å². The number of aromatic nitrogens is 3. The Morgan fingerprint density at radius 1 is 1.30 bits per heavy atom. The van der Waals surface area contributed by atoms with Gasteiger partial charge in [0.15, 0.2) is 4.77 Å². The average molecular weight is 332 g/mol. The molecular formula is C17H24N4OS. The summed E-state index contributed by atoms with van der Waals surface area (Å²) >= 11 is 5.20. The molecule has 0 spiro atoms. The summed E-state index contributed by atoms with van der Waals surface area (Å²) in [6, 6.07) is 4.28. The molecule has 6 heteroatoms. The number of rotatable bonds is 6. The van der Waals surface area contributed by atoms with Crippen molar-refractivity contribution in [2.24, 2.45) is 0 Å². The third-order valence-electron chi connectivity index (χ3n) is 3.92. The number of carbonyl (C=O) groups excluding carboxylic acids is 1. The SMILES string of the molecule is CCCc1n[nH]c(=S)n1CC(=O)NCc1c(C)cc(C)cc1C. The molecule has 0 aliphatic carbocycles. The zero-order valence-corrected chi connectivity index (χ0v) is 15.0. The lowest BCUT2D eigenvalue weighted by atomic mass is 10.00. The highest BCUT2D eigenvalue weighted by atomic mass is 32.1. The summed E-state index contributed by atoms with van der Waals surface area (Å²) in [4.78, 5) is 12.3. The number of aryl methyl sites for hydroxylation is 4. The van der Waals surface area contributed by atoms with E-state index in [1.807, 2.05) is 0 Å². The second-order valence-corrected chi connectivity index (χ2v) is 6.32. The lowest BCUT2D eigenvalue weighted by Crippen LogP contribution is -2.28. The molecule has 0 aliphatic heterocycles. The highest BCUT2D eigenvalue weighted by Gasteiger charge is 2.11. The predicted octanol–water partition coefficient (Wildman–Crippen LogP) is 3.13. The Morgan fingerprint density at radius 3 is 2.57 bits per heavy atom. The van der Waals surface area contributed by atoms with E-state index in [9.17, 15) is 4.79 Å². The molecule has 23 heavy (non-hydrogen) atoms. The van der Waals surface area contributed by atoms with Crippen LogP contribution in [0.3, 0.4) is 0 Å². The molecule has 5 nitrogen and oxygen atoms in total. The van der Waals surface area contributed by atoms with Crippen molar-refractivity contribution in [1.29, 1.82) is 0 Å². The first kappa shape index (κ1) is 17.4. The number of nitrogens with zero attached hydrogens (tertiary/aromatic N) is 2. The number of benzene rings is 1. The molecule has 1 aromatic heterocycles. The summed E-state index contributed by atoms with van der Waals surface area (Å²) in [6.07, 6.45) is 1.76. The van der Waals surface area contributed by atoms with Crippen molar-refractivity contribution in [2.75, 3.05) is 0 Å². The summed E-state index contributed by atoms with van der Waals surface area (Å²) in [5, 5.41) is 9.93. The van der Waals surface area contributed by atoms with E-state index in [2.05, 4.69) is 55.3 Å². The maximum Gasteiger partial charge on any atom is 0.240 e. The monoisotopic (exact) mass is 332 g/mol. The highest BCUT2D eigenvalue weighted by molar-refractivity contribution is 7.71. The van der Waals surface area contributed by atoms with E-state index >= 15 is 0 Å². The first-order valence-corrected chi connectivity index (χ1v) is 8.30. The summed E-state index contributed by atoms with van der Waals surface area (Å²) in [7, 11) is 0. The van der Waals surface area contributed by atoms with Crippen LogP contribution in [-0.2, 0) is 24.3 Å². The second kappa shape index (κ2) is 7.55. The maximum absolute atomic E-state index is 12.3. The molecule has 0 fully saturated rings. The fourth-order valence-electron chi connectivity index (χ4n) is 2.80. The third-order valence-corrected chi connectivity index (χ3v) is 4.23. The van der Waals surface area contributed by atoms with Crippen LogP contribution >= 0.6 is 12.2 Å². The average Bonchev–Trinajstić information content (AvgIpc) is 2.79. The number of H-pyrrole nitrogens is 1. The Bertz CT molecular complexity index is 737. The maximum atomic E-state index is 12.3. The van der Waals surface area contributed by atoms with E-state index in [-0.39, 0.29) is 12.5 Å². The number of hydrogen-bond acceptors (Lipinski definition) is 3. The van der Waals surface area contributed by atoms with E-state index in [1.165, 1.54) is 22.3 Å². The molecule has 1 heterocycles. The van der Waals surface area contributed by atoms with E-state index in [0.717, 1.165) is 18.7 Å². The summed E-state index contributed by atoms with van der Waals surface area (Å²) in [5.74, 6) is 0.773. The molecule has 0 atom stereocenters. The Kier molecular flexibility index (Phi) is 5.71. The molecule has 0 radical (unpaired) electrons. The van der Waals surface area contributed by atoms with Gasteiger partial charge in [0.05, 0.1) is 0 Å². The van der Waals surface area contributed by atoms with Crippen molar-refractivity contribution in [3.8, 4) is 0 Å². The predicted molar refractivity (Wildman–Crippen MR) is 93.9 cm³/mol. The van der Waals surface area contributed by atoms with Crippen molar-refractivity contribution in [2.45, 2.75) is 53.6 Å². The van der Waals surface area contributed by atoms with Crippen LogP contribution in [0.15, 0.2) is 12.1 Å². The minimum absolute atomic E-state index is 0.0563. The van der Waals surface area contributed by atoms with Crippen LogP contribution in [0.1, 0.15) is 41.4 Å². The molecule has 2 aromatic rings. The normalized spacial score (nSPS) is 10.8. The van der Waals surface area contributed by atoms with Gasteiger partial charge in [0, 0.05) is 13.0 Å². The molecular weight excluding hydrogens is 308 g/mol. The van der Waals surface area contributed by atoms with E-state index in [4.69, 9.17) is 12.2 Å². The summed E-state index contributed by atoms with van der Waals surface area (Å²) in [6.45, 7) is 9.04. The van der Waals surface area contributed by atoms with Gasteiger partial charge in [-0.15, -0.1) is 0 Å². The third kappa shape index (κ3) is 4.28. The van der Waals surface area contributed by atoms with Gasteiger partial charge in [0.1, 0.15) is 12.4 Å². The van der Waals surface area contributed by atoms with Crippen LogP contribution in [0, 0.1) is 25.5 Å². The largest absolute Gasteiger partial charge is 0.350 e. The molecule has 1 aromatic carbocycles. The fraction of sp³-hybridized carbons (Fsp3) is 0.471. The lowest BCUT2D eigenvalue weighted by molar-refractivity contribution is -0.121. The Labute approximate surface area is 142 Å². The van der Waals surface area contributed by atoms with E-state index in [1.54, 1.807) is 4.57 Å². The molecule has 2 rings (SSSR count). The number of hydrogen-bond donors (Lipinski definition) is 2. The molecule has 0 saturated heterocycles. The van der Waals surface area contributed by atoms with Crippen molar-refractivity contribution >= 4 is 18.1 Å². The first-order valence-electron chi connectivity index (χ1n) is 7.89. The van der Waals surface area contributed by atoms with Gasteiger partial charge in [0.25, 0.3) is 0 Å². The molecule has 2 N–H and O–H groups in total. The zero-order chi connectivity index (χ0) is 17.0. The Balaban J connectivity index is 2.04. The smallest absolute Gasteiger partial charge is 0.240 e. The Morgan fingerprint density at radius 2 is 1.96 bits per heavy atom. The minimum atomic E-state index is -0.0563. The van der Waals surface area contributed by atoms with Crippen LogP contribution in [0.25, 0.3) is 0 Å². The van der Waals surface area contributed by atoms with Gasteiger partial charge >= 0.3 is 0 Å². The van der Waals surface area contributed by atoms with Crippen LogP contribution < -0.4 is 5.32 Å². The van der Waals surface area contributed by atoms with Gasteiger partial charge in [-0.05, 0) is 56.1 Å². The quantitative estimate of drug-likeness (QED) is 0.799. The number of aromatic amines is 1. The molecule has 1 amide bonds. The standard InChI is InChI=1S/C17H24N4OS/c1-5-6-15-19-20-17(23)21(15)10-16(22)18-9-14-12(3)7-11(2)8-13(14)4/h7-8H,5-6,9-10H2,1-4H3,(H,18,22)(H,20,23). The first-order chi connectivity index (χ1) is 10.9. The van der Waals surface area contributed by atoms with E-state index in [0.29, 0.717) is 11.3 Å². The fourth-order valence-corrected chi connectivity index (χ4v) is 3.02. The van der Waals surface area contributed by atoms with Crippen molar-refractivity contribution in [3.63, 3.8) is 0 Å². The van der Waals surface area contributed by atoms with Gasteiger partial charge in [-0.2, -0.15) is 5.10 Å². The van der Waals surface area contributed by atoms with Crippen molar-refractivity contribution in [1.82, 2.24) is 20.1 Å². The molecule has 124 valence electrons. The molecule has 0 unspecified atom stereocenters. The van der Waals surface area contributed by atoms with Gasteiger partial charge in [-0.3, -0.25) is 14.5 Å². The lowest BCUT2D eigenvalue weighted by Gasteiger charge is -2.13. The molecule has 0 bridgehead atoms. The van der Waals surface area contributed by atoms with Crippen LogP contribution in [0.2, 0.25) is 0 Å². The second-order valence-electron chi connectivity index (χ2n) is 5.94. The van der Waals surface area contributed by atoms with Gasteiger partial charge < -0.3 is 5.32 Å². The Hall–Kier alpha value is -1.95. The van der Waals surface area contributed by atoms with Gasteiger partial charge in [-0.1, -0.05) is 24.6 Å². The van der Waals surface area contributed by atoms with Crippen LogP contribution in [0.4, 0.5) is 0 Å². The minimum Gasteiger partial charge on any atom is -0.350 e.